The molecule has 2 aromatic carbocycles. The predicted molar refractivity (Wildman–Crippen MR) is 187 cm³/mol. The van der Waals surface area contributed by atoms with Gasteiger partial charge in [0.1, 0.15) is 24.1 Å². The Bertz CT molecular complexity index is 1690. The van der Waals surface area contributed by atoms with Gasteiger partial charge in [0, 0.05) is 42.0 Å². The van der Waals surface area contributed by atoms with Crippen molar-refractivity contribution < 1.29 is 28.6 Å². The number of carbonyl (C=O) groups is 2. The fraction of sp³-hybridized carbons (Fsp3) is 0.524. The molecule has 4 fully saturated rings. The van der Waals surface area contributed by atoms with Crippen LogP contribution in [-0.2, 0) is 25.5 Å². The first-order valence-electron chi connectivity index (χ1n) is 17.8. The van der Waals surface area contributed by atoms with Gasteiger partial charge in [0.15, 0.2) is 0 Å². The zero-order valence-corrected chi connectivity index (χ0v) is 29.0. The van der Waals surface area contributed by atoms with Gasteiger partial charge in [-0.25, -0.2) is 4.79 Å². The summed E-state index contributed by atoms with van der Waals surface area (Å²) in [4.78, 5) is 26.2. The lowest BCUT2D eigenvalue weighted by Gasteiger charge is -2.47. The molecule has 3 aliphatic carbocycles. The molecule has 3 saturated carbocycles. The van der Waals surface area contributed by atoms with Crippen molar-refractivity contribution >= 4 is 22.9 Å². The molecule has 1 saturated heterocycles. The highest BCUT2D eigenvalue weighted by atomic mass is 16.6. The molecule has 6 heteroatoms. The minimum atomic E-state index is -0.589. The van der Waals surface area contributed by atoms with Gasteiger partial charge in [-0.3, -0.25) is 4.79 Å². The average Bonchev–Trinajstić information content (AvgIpc) is 3.62. The molecule has 6 nitrogen and oxygen atoms in total. The lowest BCUT2D eigenvalue weighted by Crippen LogP contribution is -2.42. The molecular weight excluding hydrogens is 600 g/mol. The molecule has 3 atom stereocenters. The third-order valence-electron chi connectivity index (χ3n) is 11.2. The summed E-state index contributed by atoms with van der Waals surface area (Å²) >= 11 is 0. The maximum absolute atomic E-state index is 13.4. The number of carbonyl (C=O) groups excluding carboxylic acids is 2. The highest BCUT2D eigenvalue weighted by Crippen LogP contribution is 2.52. The van der Waals surface area contributed by atoms with Crippen molar-refractivity contribution in [1.29, 1.82) is 0 Å². The molecule has 1 aromatic heterocycles. The molecule has 2 heterocycles. The van der Waals surface area contributed by atoms with Crippen LogP contribution < -0.4 is 0 Å². The maximum atomic E-state index is 13.4. The number of hydrogen-bond acceptors (Lipinski definition) is 6. The summed E-state index contributed by atoms with van der Waals surface area (Å²) in [5.74, 6) is 9.30. The van der Waals surface area contributed by atoms with Crippen LogP contribution in [0.15, 0.2) is 64.6 Å². The molecule has 3 unspecified atom stereocenters. The highest BCUT2D eigenvalue weighted by Gasteiger charge is 2.47. The summed E-state index contributed by atoms with van der Waals surface area (Å²) in [5.41, 5.74) is 4.32. The molecule has 3 aromatic rings. The van der Waals surface area contributed by atoms with E-state index in [-0.39, 0.29) is 24.0 Å². The molecule has 4 aliphatic rings. The first-order valence-corrected chi connectivity index (χ1v) is 17.8. The predicted octanol–water partition coefficient (Wildman–Crippen LogP) is 8.49. The lowest BCUT2D eigenvalue weighted by atomic mass is 9.58. The summed E-state index contributed by atoms with van der Waals surface area (Å²) in [6.07, 6.45) is 12.8. The van der Waals surface area contributed by atoms with Gasteiger partial charge in [-0.1, -0.05) is 55.9 Å². The largest absolute Gasteiger partial charge is 0.461 e. The van der Waals surface area contributed by atoms with Crippen molar-refractivity contribution in [3.05, 3.63) is 82.6 Å². The fourth-order valence-corrected chi connectivity index (χ4v) is 8.86. The number of esters is 2. The SMILES string of the molecule is CO.Cc1ccc(C#Cc2ccc3oc(CC4(C(=O)OCC5C/C(=C\CC6(C)CC7CC(C)CC(C7)C6)C(=O)O5)CCC4)cc3c2)cc1. The van der Waals surface area contributed by atoms with Crippen LogP contribution in [-0.4, -0.2) is 36.9 Å². The average molecular weight is 651 g/mol. The van der Waals surface area contributed by atoms with Crippen LogP contribution >= 0.6 is 0 Å². The number of ether oxygens (including phenoxy) is 2. The van der Waals surface area contributed by atoms with Gasteiger partial charge in [-0.2, -0.15) is 0 Å². The fourth-order valence-electron chi connectivity index (χ4n) is 8.86. The summed E-state index contributed by atoms with van der Waals surface area (Å²) in [7, 11) is 1.00. The minimum Gasteiger partial charge on any atom is -0.461 e. The van der Waals surface area contributed by atoms with Gasteiger partial charge >= 0.3 is 11.9 Å². The molecule has 7 rings (SSSR count). The lowest BCUT2D eigenvalue weighted by molar-refractivity contribution is -0.167. The second kappa shape index (κ2) is 14.3. The molecule has 0 spiro atoms. The van der Waals surface area contributed by atoms with Crippen molar-refractivity contribution in [2.45, 2.75) is 97.5 Å². The van der Waals surface area contributed by atoms with Crippen LogP contribution in [0.1, 0.15) is 101 Å². The molecule has 48 heavy (non-hydrogen) atoms. The number of fused-ring (bicyclic) bond motifs is 3. The van der Waals surface area contributed by atoms with Crippen molar-refractivity contribution in [3.63, 3.8) is 0 Å². The molecule has 0 radical (unpaired) electrons. The third-order valence-corrected chi connectivity index (χ3v) is 11.2. The third kappa shape index (κ3) is 7.73. The number of hydrogen-bond donors (Lipinski definition) is 1. The van der Waals surface area contributed by atoms with Crippen LogP contribution in [0, 0.1) is 47.3 Å². The summed E-state index contributed by atoms with van der Waals surface area (Å²) in [6.45, 7) is 6.97. The summed E-state index contributed by atoms with van der Waals surface area (Å²) in [5, 5.41) is 7.98. The number of aryl methyl sites for hydroxylation is 1. The Hall–Kier alpha value is -3.82. The second-order valence-electron chi connectivity index (χ2n) is 15.4. The number of aliphatic hydroxyl groups excluding tert-OH is 1. The normalized spacial score (nSPS) is 28.0. The number of allylic oxidation sites excluding steroid dienone is 1. The van der Waals surface area contributed by atoms with E-state index in [1.807, 2.05) is 36.4 Å². The van der Waals surface area contributed by atoms with E-state index in [2.05, 4.69) is 50.8 Å². The monoisotopic (exact) mass is 650 g/mol. The number of benzene rings is 2. The summed E-state index contributed by atoms with van der Waals surface area (Å²) in [6, 6.07) is 16.2. The Kier molecular flexibility index (Phi) is 10.2. The van der Waals surface area contributed by atoms with E-state index in [0.717, 1.165) is 84.0 Å². The van der Waals surface area contributed by atoms with Crippen LogP contribution in [0.4, 0.5) is 0 Å². The number of rotatable bonds is 7. The van der Waals surface area contributed by atoms with E-state index in [1.54, 1.807) is 0 Å². The topological polar surface area (TPSA) is 86.0 Å². The zero-order chi connectivity index (χ0) is 33.9. The van der Waals surface area contributed by atoms with Crippen LogP contribution in [0.25, 0.3) is 11.0 Å². The maximum Gasteiger partial charge on any atom is 0.334 e. The van der Waals surface area contributed by atoms with E-state index in [9.17, 15) is 9.59 Å². The van der Waals surface area contributed by atoms with Gasteiger partial charge in [0.05, 0.1) is 5.41 Å². The minimum absolute atomic E-state index is 0.103. The summed E-state index contributed by atoms with van der Waals surface area (Å²) < 4.78 is 17.7. The van der Waals surface area contributed by atoms with Crippen LogP contribution in [0.2, 0.25) is 0 Å². The smallest absolute Gasteiger partial charge is 0.334 e. The molecule has 2 bridgehead atoms. The van der Waals surface area contributed by atoms with E-state index >= 15 is 0 Å². The van der Waals surface area contributed by atoms with Gasteiger partial charge in [-0.15, -0.1) is 0 Å². The van der Waals surface area contributed by atoms with Gasteiger partial charge in [0.2, 0.25) is 0 Å². The van der Waals surface area contributed by atoms with Gasteiger partial charge in [-0.05, 0) is 118 Å². The van der Waals surface area contributed by atoms with Crippen LogP contribution in [0.5, 0.6) is 0 Å². The molecule has 254 valence electrons. The van der Waals surface area contributed by atoms with Gasteiger partial charge < -0.3 is 19.0 Å². The first-order chi connectivity index (χ1) is 23.1. The van der Waals surface area contributed by atoms with E-state index in [1.165, 1.54) is 37.7 Å². The van der Waals surface area contributed by atoms with E-state index in [0.29, 0.717) is 12.8 Å². The molecule has 0 amide bonds. The van der Waals surface area contributed by atoms with E-state index in [4.69, 9.17) is 19.0 Å². The Labute approximate surface area is 285 Å². The molecular formula is C42H50O6. The van der Waals surface area contributed by atoms with Gasteiger partial charge in [0.25, 0.3) is 0 Å². The second-order valence-corrected chi connectivity index (χ2v) is 15.4. The Morgan fingerprint density at radius 1 is 1.00 bits per heavy atom. The standard InChI is InChI=1S/C41H46O5.CH4O/c1-27-5-7-29(8-6-27)9-10-30-11-12-37-34(20-30)22-35(45-37)25-41(14-4-15-41)39(43)44-26-36-21-33(38(42)46-36)13-16-40(3)23-31-17-28(2)18-32(19-31)24-40;1-2/h5-8,11-13,20,22,28,31-32,36H,4,14-19,21,23-26H2,1-3H3;2H,1H3/b33-13+;. The van der Waals surface area contributed by atoms with Crippen molar-refractivity contribution in [2.24, 2.45) is 28.6 Å². The number of cyclic esters (lactones) is 1. The zero-order valence-electron chi connectivity index (χ0n) is 29.0. The van der Waals surface area contributed by atoms with Crippen molar-refractivity contribution in [3.8, 4) is 11.8 Å². The number of furan rings is 1. The van der Waals surface area contributed by atoms with Crippen molar-refractivity contribution in [1.82, 2.24) is 0 Å². The Balaban J connectivity index is 0.00000197. The molecule has 1 aliphatic heterocycles. The quantitative estimate of drug-likeness (QED) is 0.157. The Morgan fingerprint density at radius 2 is 1.69 bits per heavy atom. The highest BCUT2D eigenvalue weighted by molar-refractivity contribution is 5.90. The van der Waals surface area contributed by atoms with Crippen molar-refractivity contribution in [2.75, 3.05) is 13.7 Å². The first kappa shape index (κ1) is 34.1. The van der Waals surface area contributed by atoms with Crippen LogP contribution in [0.3, 0.4) is 0 Å². The Morgan fingerprint density at radius 3 is 2.38 bits per heavy atom. The molecule has 1 N–H and O–H groups in total. The van der Waals surface area contributed by atoms with E-state index < -0.39 is 11.5 Å². The number of aliphatic hydroxyl groups is 1.